The van der Waals surface area contributed by atoms with E-state index in [4.69, 9.17) is 0 Å². The number of aliphatic hydroxyl groups excluding tert-OH is 1. The second-order valence-electron chi connectivity index (χ2n) is 5.18. The number of hydrogen-bond donors (Lipinski definition) is 2. The monoisotopic (exact) mass is 309 g/mol. The summed E-state index contributed by atoms with van der Waals surface area (Å²) in [4.78, 5) is 12.0. The minimum Gasteiger partial charge on any atom is -0.386 e. The van der Waals surface area contributed by atoms with Gasteiger partial charge in [0.15, 0.2) is 11.6 Å². The van der Waals surface area contributed by atoms with Gasteiger partial charge in [0.25, 0.3) is 5.91 Å². The van der Waals surface area contributed by atoms with Crippen LogP contribution in [0.4, 0.5) is 8.78 Å². The summed E-state index contributed by atoms with van der Waals surface area (Å²) in [5, 5.41) is 16.8. The molecule has 0 saturated heterocycles. The summed E-state index contributed by atoms with van der Waals surface area (Å²) in [6, 6.07) is 4.04. The number of nitrogens with zero attached hydrogens (tertiary/aromatic N) is 2. The third-order valence-electron chi connectivity index (χ3n) is 3.46. The number of benzene rings is 1. The van der Waals surface area contributed by atoms with Crippen molar-refractivity contribution in [3.05, 3.63) is 52.9 Å². The second-order valence-corrected chi connectivity index (χ2v) is 5.18. The maximum absolute atomic E-state index is 13.2. The third kappa shape index (κ3) is 3.30. The summed E-state index contributed by atoms with van der Waals surface area (Å²) in [6.07, 6.45) is -1.16. The third-order valence-corrected chi connectivity index (χ3v) is 3.46. The van der Waals surface area contributed by atoms with Gasteiger partial charge in [0.2, 0.25) is 0 Å². The maximum Gasteiger partial charge on any atom is 0.272 e. The summed E-state index contributed by atoms with van der Waals surface area (Å²) in [5.74, 6) is -2.48. The number of carbonyl (C=O) groups excluding carboxylic acids is 1. The zero-order valence-corrected chi connectivity index (χ0v) is 12.5. The van der Waals surface area contributed by atoms with E-state index in [1.807, 2.05) is 6.92 Å². The molecule has 0 bridgehead atoms. The lowest BCUT2D eigenvalue weighted by Gasteiger charge is -2.20. The molecule has 0 aliphatic rings. The summed E-state index contributed by atoms with van der Waals surface area (Å²) >= 11 is 0. The van der Waals surface area contributed by atoms with Gasteiger partial charge in [-0.2, -0.15) is 5.10 Å². The van der Waals surface area contributed by atoms with Crippen LogP contribution in [0.5, 0.6) is 0 Å². The van der Waals surface area contributed by atoms with Crippen molar-refractivity contribution >= 4 is 5.91 Å². The Hall–Kier alpha value is -2.28. The van der Waals surface area contributed by atoms with E-state index < -0.39 is 29.7 Å². The van der Waals surface area contributed by atoms with Crippen molar-refractivity contribution in [1.82, 2.24) is 15.1 Å². The highest BCUT2D eigenvalue weighted by Gasteiger charge is 2.21. The summed E-state index contributed by atoms with van der Waals surface area (Å²) in [5.41, 5.74) is 1.23. The molecule has 1 heterocycles. The Balaban J connectivity index is 2.08. The van der Waals surface area contributed by atoms with Gasteiger partial charge < -0.3 is 10.4 Å². The predicted molar refractivity (Wildman–Crippen MR) is 76.2 cm³/mol. The normalized spacial score (nSPS) is 13.7. The fraction of sp³-hybridized carbons (Fsp3) is 0.333. The van der Waals surface area contributed by atoms with Gasteiger partial charge in [-0.3, -0.25) is 9.48 Å². The Labute approximate surface area is 126 Å². The van der Waals surface area contributed by atoms with E-state index in [9.17, 15) is 18.7 Å². The summed E-state index contributed by atoms with van der Waals surface area (Å²) in [6.45, 7) is 3.38. The van der Waals surface area contributed by atoms with Crippen molar-refractivity contribution < 1.29 is 18.7 Å². The van der Waals surface area contributed by atoms with Crippen LogP contribution in [0.3, 0.4) is 0 Å². The first kappa shape index (κ1) is 16.1. The van der Waals surface area contributed by atoms with Crippen LogP contribution in [-0.2, 0) is 7.05 Å². The fourth-order valence-electron chi connectivity index (χ4n) is 2.02. The lowest BCUT2D eigenvalue weighted by atomic mass is 10.0. The number of carbonyl (C=O) groups is 1. The van der Waals surface area contributed by atoms with E-state index in [2.05, 4.69) is 10.4 Å². The standard InChI is InChI=1S/C15H17F2N3O2/c1-8-6-13(19-20(8)3)15(22)18-9(2)14(21)10-4-5-11(16)12(17)7-10/h4-7,9,14,21H,1-3H3,(H,18,22). The molecule has 1 amide bonds. The zero-order chi connectivity index (χ0) is 16.4. The van der Waals surface area contributed by atoms with E-state index >= 15 is 0 Å². The average molecular weight is 309 g/mol. The fourth-order valence-corrected chi connectivity index (χ4v) is 2.02. The average Bonchev–Trinajstić information content (AvgIpc) is 2.81. The van der Waals surface area contributed by atoms with Gasteiger partial charge in [0.05, 0.1) is 12.1 Å². The first-order valence-corrected chi connectivity index (χ1v) is 6.74. The first-order chi connectivity index (χ1) is 10.3. The molecule has 118 valence electrons. The van der Waals surface area contributed by atoms with Crippen LogP contribution in [0.25, 0.3) is 0 Å². The Morgan fingerprint density at radius 1 is 1.32 bits per heavy atom. The minimum atomic E-state index is -1.16. The molecule has 2 unspecified atom stereocenters. The van der Waals surface area contributed by atoms with Crippen LogP contribution in [0, 0.1) is 18.6 Å². The number of aliphatic hydroxyl groups is 1. The van der Waals surface area contributed by atoms with E-state index in [1.54, 1.807) is 24.7 Å². The van der Waals surface area contributed by atoms with Gasteiger partial charge in [-0.1, -0.05) is 6.07 Å². The number of aromatic nitrogens is 2. The van der Waals surface area contributed by atoms with Gasteiger partial charge in [-0.25, -0.2) is 8.78 Å². The van der Waals surface area contributed by atoms with Gasteiger partial charge in [-0.15, -0.1) is 0 Å². The molecule has 0 fully saturated rings. The maximum atomic E-state index is 13.2. The zero-order valence-electron chi connectivity index (χ0n) is 12.5. The highest BCUT2D eigenvalue weighted by atomic mass is 19.2. The van der Waals surface area contributed by atoms with E-state index in [0.717, 1.165) is 17.8 Å². The van der Waals surface area contributed by atoms with Crippen LogP contribution >= 0.6 is 0 Å². The number of halogens is 2. The van der Waals surface area contributed by atoms with Crippen LogP contribution in [0.2, 0.25) is 0 Å². The number of hydrogen-bond acceptors (Lipinski definition) is 3. The highest BCUT2D eigenvalue weighted by Crippen LogP contribution is 2.19. The van der Waals surface area contributed by atoms with Crippen molar-refractivity contribution in [2.75, 3.05) is 0 Å². The van der Waals surface area contributed by atoms with Gasteiger partial charge in [0, 0.05) is 12.7 Å². The van der Waals surface area contributed by atoms with Crippen LogP contribution in [-0.4, -0.2) is 26.8 Å². The Morgan fingerprint density at radius 3 is 2.55 bits per heavy atom. The SMILES string of the molecule is Cc1cc(C(=O)NC(C)C(O)c2ccc(F)c(F)c2)nn1C. The molecule has 0 aliphatic carbocycles. The molecule has 7 heteroatoms. The molecule has 22 heavy (non-hydrogen) atoms. The largest absolute Gasteiger partial charge is 0.386 e. The molecule has 2 N–H and O–H groups in total. The Kier molecular flexibility index (Phi) is 4.56. The highest BCUT2D eigenvalue weighted by molar-refractivity contribution is 5.92. The number of amides is 1. The predicted octanol–water partition coefficient (Wildman–Crippen LogP) is 1.86. The molecular weight excluding hydrogens is 292 g/mol. The van der Waals surface area contributed by atoms with E-state index in [-0.39, 0.29) is 11.3 Å². The molecule has 2 rings (SSSR count). The molecule has 1 aromatic heterocycles. The molecule has 0 spiro atoms. The second kappa shape index (κ2) is 6.23. The van der Waals surface area contributed by atoms with Crippen LogP contribution in [0.15, 0.2) is 24.3 Å². The smallest absolute Gasteiger partial charge is 0.272 e. The molecule has 2 atom stereocenters. The van der Waals surface area contributed by atoms with Crippen molar-refractivity contribution in [3.63, 3.8) is 0 Å². The van der Waals surface area contributed by atoms with E-state index in [0.29, 0.717) is 0 Å². The van der Waals surface area contributed by atoms with Crippen molar-refractivity contribution in [2.45, 2.75) is 26.0 Å². The van der Waals surface area contributed by atoms with Gasteiger partial charge >= 0.3 is 0 Å². The van der Waals surface area contributed by atoms with E-state index in [1.165, 1.54) is 6.07 Å². The summed E-state index contributed by atoms with van der Waals surface area (Å²) in [7, 11) is 1.71. The van der Waals surface area contributed by atoms with Crippen LogP contribution in [0.1, 0.15) is 34.8 Å². The number of rotatable bonds is 4. The molecular formula is C15H17F2N3O2. The minimum absolute atomic E-state index is 0.184. The molecule has 2 aromatic rings. The van der Waals surface area contributed by atoms with Gasteiger partial charge in [-0.05, 0) is 37.6 Å². The lowest BCUT2D eigenvalue weighted by molar-refractivity contribution is 0.0846. The molecule has 1 aromatic carbocycles. The van der Waals surface area contributed by atoms with Crippen LogP contribution < -0.4 is 5.32 Å². The molecule has 0 saturated carbocycles. The number of nitrogens with one attached hydrogen (secondary N) is 1. The topological polar surface area (TPSA) is 67.2 Å². The molecule has 0 aliphatic heterocycles. The first-order valence-electron chi connectivity index (χ1n) is 6.74. The Bertz CT molecular complexity index is 681. The summed E-state index contributed by atoms with van der Waals surface area (Å²) < 4.78 is 27.7. The number of aryl methyl sites for hydroxylation is 2. The quantitative estimate of drug-likeness (QED) is 0.906. The molecule has 0 radical (unpaired) electrons. The Morgan fingerprint density at radius 2 is 2.00 bits per heavy atom. The van der Waals surface area contributed by atoms with Gasteiger partial charge in [0.1, 0.15) is 5.69 Å². The van der Waals surface area contributed by atoms with Crippen molar-refractivity contribution in [2.24, 2.45) is 7.05 Å². The molecule has 5 nitrogen and oxygen atoms in total. The van der Waals surface area contributed by atoms with Crippen molar-refractivity contribution in [3.8, 4) is 0 Å². The lowest BCUT2D eigenvalue weighted by Crippen LogP contribution is -2.37. The van der Waals surface area contributed by atoms with Crippen molar-refractivity contribution in [1.29, 1.82) is 0 Å².